The molecule has 3 rings (SSSR count). The molecule has 0 spiro atoms. The second-order valence-electron chi connectivity index (χ2n) is 6.27. The molecule has 1 amide bonds. The third-order valence-corrected chi connectivity index (χ3v) is 4.14. The molecule has 6 nitrogen and oxygen atoms in total. The van der Waals surface area contributed by atoms with Gasteiger partial charge in [-0.2, -0.15) is 0 Å². The number of carbonyl (C=O) groups is 2. The lowest BCUT2D eigenvalue weighted by molar-refractivity contribution is 0.0526. The lowest BCUT2D eigenvalue weighted by Gasteiger charge is -2.10. The SMILES string of the molecule is CCOC(=O)c1ccc(NC(=O)c2ccc(=O)n(Cc3cccc(F)c3)c2)cc1. The maximum absolute atomic E-state index is 13.4. The standard InChI is InChI=1S/C22H19FN2O4/c1-2-29-22(28)16-6-9-19(10-7-16)24-21(27)17-8-11-20(26)25(14-17)13-15-4-3-5-18(23)12-15/h3-12,14H,2,13H2,1H3,(H,24,27). The number of benzene rings is 2. The quantitative estimate of drug-likeness (QED) is 0.650. The maximum atomic E-state index is 13.4. The van der Waals surface area contributed by atoms with Crippen molar-refractivity contribution in [1.82, 2.24) is 4.57 Å². The van der Waals surface area contributed by atoms with Gasteiger partial charge in [-0.3, -0.25) is 9.59 Å². The van der Waals surface area contributed by atoms with Crippen LogP contribution in [0, 0.1) is 5.82 Å². The number of nitrogens with zero attached hydrogens (tertiary/aromatic N) is 1. The highest BCUT2D eigenvalue weighted by molar-refractivity contribution is 6.04. The molecule has 148 valence electrons. The van der Waals surface area contributed by atoms with Crippen LogP contribution in [0.4, 0.5) is 10.1 Å². The minimum Gasteiger partial charge on any atom is -0.462 e. The molecule has 2 aromatic carbocycles. The second-order valence-corrected chi connectivity index (χ2v) is 6.27. The predicted molar refractivity (Wildman–Crippen MR) is 107 cm³/mol. The molecule has 0 fully saturated rings. The van der Waals surface area contributed by atoms with Crippen LogP contribution in [0.3, 0.4) is 0 Å². The van der Waals surface area contributed by atoms with Crippen molar-refractivity contribution in [2.45, 2.75) is 13.5 Å². The highest BCUT2D eigenvalue weighted by Crippen LogP contribution is 2.12. The highest BCUT2D eigenvalue weighted by atomic mass is 19.1. The molecule has 29 heavy (non-hydrogen) atoms. The Labute approximate surface area is 166 Å². The average Bonchev–Trinajstić information content (AvgIpc) is 2.70. The van der Waals surface area contributed by atoms with Gasteiger partial charge in [-0.05, 0) is 55.0 Å². The number of anilines is 1. The van der Waals surface area contributed by atoms with E-state index in [4.69, 9.17) is 4.74 Å². The topological polar surface area (TPSA) is 77.4 Å². The maximum Gasteiger partial charge on any atom is 0.338 e. The van der Waals surface area contributed by atoms with E-state index in [9.17, 15) is 18.8 Å². The van der Waals surface area contributed by atoms with Gasteiger partial charge in [0.1, 0.15) is 5.82 Å². The Morgan fingerprint density at radius 2 is 1.76 bits per heavy atom. The lowest BCUT2D eigenvalue weighted by Crippen LogP contribution is -2.22. The van der Waals surface area contributed by atoms with E-state index in [-0.39, 0.29) is 24.3 Å². The fourth-order valence-electron chi connectivity index (χ4n) is 2.73. The van der Waals surface area contributed by atoms with Gasteiger partial charge in [0.25, 0.3) is 11.5 Å². The van der Waals surface area contributed by atoms with Crippen molar-refractivity contribution in [2.75, 3.05) is 11.9 Å². The Balaban J connectivity index is 1.74. The van der Waals surface area contributed by atoms with Crippen LogP contribution in [-0.2, 0) is 11.3 Å². The van der Waals surface area contributed by atoms with Gasteiger partial charge in [0.2, 0.25) is 0 Å². The van der Waals surface area contributed by atoms with Gasteiger partial charge in [0.05, 0.1) is 24.3 Å². The van der Waals surface area contributed by atoms with E-state index < -0.39 is 17.7 Å². The molecule has 1 aromatic heterocycles. The third kappa shape index (κ3) is 5.16. The van der Waals surface area contributed by atoms with E-state index >= 15 is 0 Å². The minimum atomic E-state index is -0.435. The summed E-state index contributed by atoms with van der Waals surface area (Å²) in [5, 5.41) is 2.71. The van der Waals surface area contributed by atoms with E-state index in [1.807, 2.05) is 0 Å². The number of pyridine rings is 1. The highest BCUT2D eigenvalue weighted by Gasteiger charge is 2.10. The largest absolute Gasteiger partial charge is 0.462 e. The van der Waals surface area contributed by atoms with Crippen molar-refractivity contribution in [1.29, 1.82) is 0 Å². The Bertz CT molecular complexity index is 1090. The Morgan fingerprint density at radius 3 is 2.45 bits per heavy atom. The Hall–Kier alpha value is -3.74. The number of hydrogen-bond acceptors (Lipinski definition) is 4. The summed E-state index contributed by atoms with van der Waals surface area (Å²) >= 11 is 0. The predicted octanol–water partition coefficient (Wildman–Crippen LogP) is 3.46. The smallest absolute Gasteiger partial charge is 0.338 e. The summed E-state index contributed by atoms with van der Waals surface area (Å²) in [6.07, 6.45) is 1.43. The van der Waals surface area contributed by atoms with Crippen LogP contribution in [0.1, 0.15) is 33.2 Å². The first-order chi connectivity index (χ1) is 14.0. The zero-order valence-electron chi connectivity index (χ0n) is 15.7. The fraction of sp³-hybridized carbons (Fsp3) is 0.136. The van der Waals surface area contributed by atoms with Gasteiger partial charge >= 0.3 is 5.97 Å². The van der Waals surface area contributed by atoms with Crippen LogP contribution in [0.2, 0.25) is 0 Å². The van der Waals surface area contributed by atoms with Crippen LogP contribution < -0.4 is 10.9 Å². The molecule has 0 aliphatic heterocycles. The van der Waals surface area contributed by atoms with Crippen molar-refractivity contribution in [3.63, 3.8) is 0 Å². The van der Waals surface area contributed by atoms with Crippen molar-refractivity contribution in [3.05, 3.63) is 99.7 Å². The first-order valence-corrected chi connectivity index (χ1v) is 8.99. The van der Waals surface area contributed by atoms with Crippen molar-refractivity contribution < 1.29 is 18.7 Å². The molecule has 7 heteroatoms. The number of amides is 1. The normalized spacial score (nSPS) is 10.4. The van der Waals surface area contributed by atoms with E-state index in [0.717, 1.165) is 0 Å². The molecule has 1 N–H and O–H groups in total. The number of hydrogen-bond donors (Lipinski definition) is 1. The summed E-state index contributed by atoms with van der Waals surface area (Å²) in [6.45, 7) is 2.15. The molecule has 0 saturated heterocycles. The fourth-order valence-corrected chi connectivity index (χ4v) is 2.73. The summed E-state index contributed by atoms with van der Waals surface area (Å²) in [5.41, 5.74) is 1.46. The molecule has 0 aliphatic rings. The molecule has 0 radical (unpaired) electrons. The number of nitrogens with one attached hydrogen (secondary N) is 1. The molecule has 0 aliphatic carbocycles. The minimum absolute atomic E-state index is 0.145. The molecule has 1 heterocycles. The molecule has 0 bridgehead atoms. The van der Waals surface area contributed by atoms with Gasteiger partial charge in [-0.25, -0.2) is 9.18 Å². The summed E-state index contributed by atoms with van der Waals surface area (Å²) in [4.78, 5) is 36.3. The van der Waals surface area contributed by atoms with Gasteiger partial charge in [-0.1, -0.05) is 12.1 Å². The Kier molecular flexibility index (Phi) is 6.19. The molecule has 0 saturated carbocycles. The van der Waals surface area contributed by atoms with Crippen molar-refractivity contribution >= 4 is 17.6 Å². The van der Waals surface area contributed by atoms with Gasteiger partial charge in [0, 0.05) is 18.0 Å². The van der Waals surface area contributed by atoms with Crippen LogP contribution in [0.5, 0.6) is 0 Å². The second kappa shape index (κ2) is 8.97. The molecular weight excluding hydrogens is 375 g/mol. The van der Waals surface area contributed by atoms with Gasteiger partial charge in [-0.15, -0.1) is 0 Å². The van der Waals surface area contributed by atoms with Crippen molar-refractivity contribution in [2.24, 2.45) is 0 Å². The summed E-state index contributed by atoms with van der Waals surface area (Å²) in [7, 11) is 0. The Morgan fingerprint density at radius 1 is 1.03 bits per heavy atom. The van der Waals surface area contributed by atoms with Gasteiger partial charge in [0.15, 0.2) is 0 Å². The zero-order valence-corrected chi connectivity index (χ0v) is 15.7. The van der Waals surface area contributed by atoms with E-state index in [1.54, 1.807) is 43.3 Å². The van der Waals surface area contributed by atoms with Crippen LogP contribution in [-0.4, -0.2) is 23.1 Å². The number of esters is 1. The third-order valence-electron chi connectivity index (χ3n) is 4.14. The van der Waals surface area contributed by atoms with E-state index in [0.29, 0.717) is 16.8 Å². The number of carbonyl (C=O) groups excluding carboxylic acids is 2. The zero-order chi connectivity index (χ0) is 20.8. The molecular formula is C22H19FN2O4. The molecule has 3 aromatic rings. The average molecular weight is 394 g/mol. The summed E-state index contributed by atoms with van der Waals surface area (Å²) in [6, 6.07) is 14.9. The first-order valence-electron chi connectivity index (χ1n) is 8.99. The first kappa shape index (κ1) is 20.0. The van der Waals surface area contributed by atoms with Gasteiger partial charge < -0.3 is 14.6 Å². The number of aromatic nitrogens is 1. The number of halogens is 1. The van der Waals surface area contributed by atoms with E-state index in [1.165, 1.54) is 35.0 Å². The number of rotatable bonds is 6. The monoisotopic (exact) mass is 394 g/mol. The molecule has 0 unspecified atom stereocenters. The van der Waals surface area contributed by atoms with Crippen molar-refractivity contribution in [3.8, 4) is 0 Å². The summed E-state index contributed by atoms with van der Waals surface area (Å²) in [5.74, 6) is -1.24. The summed E-state index contributed by atoms with van der Waals surface area (Å²) < 4.78 is 19.6. The lowest BCUT2D eigenvalue weighted by atomic mass is 10.2. The number of ether oxygens (including phenoxy) is 1. The van der Waals surface area contributed by atoms with Crippen LogP contribution in [0.25, 0.3) is 0 Å². The molecule has 0 atom stereocenters. The van der Waals surface area contributed by atoms with E-state index in [2.05, 4.69) is 5.32 Å². The van der Waals surface area contributed by atoms with Crippen LogP contribution in [0.15, 0.2) is 71.7 Å². The van der Waals surface area contributed by atoms with Crippen LogP contribution >= 0.6 is 0 Å².